The number of anilines is 1. The SMILES string of the molecule is C[C@@H]1CN(CC(=O)N2CC(C)(C)c3ncc([C@@H](O)c4ccc(F)cc4)cc32)[C@@H](CN2Cc3ccccc3C2=O)CN1.Cl.Cl. The molecule has 3 aromatic rings. The van der Waals surface area contributed by atoms with Gasteiger partial charge in [-0.3, -0.25) is 19.5 Å². The summed E-state index contributed by atoms with van der Waals surface area (Å²) in [5.74, 6) is -0.369. The summed E-state index contributed by atoms with van der Waals surface area (Å²) in [5, 5.41) is 14.5. The van der Waals surface area contributed by atoms with Crippen LogP contribution in [0.25, 0.3) is 0 Å². The number of nitrogens with zero attached hydrogens (tertiary/aromatic N) is 4. The molecule has 2 amide bonds. The molecular weight excluding hydrogens is 592 g/mol. The molecule has 8 nitrogen and oxygen atoms in total. The molecule has 0 aliphatic carbocycles. The second kappa shape index (κ2) is 12.9. The van der Waals surface area contributed by atoms with Crippen molar-refractivity contribution in [2.75, 3.05) is 37.6 Å². The molecule has 3 aliphatic heterocycles. The molecule has 1 fully saturated rings. The van der Waals surface area contributed by atoms with E-state index in [1.165, 1.54) is 12.1 Å². The van der Waals surface area contributed by atoms with Crippen LogP contribution in [0.5, 0.6) is 0 Å². The predicted octanol–water partition coefficient (Wildman–Crippen LogP) is 4.09. The maximum Gasteiger partial charge on any atom is 0.254 e. The highest BCUT2D eigenvalue weighted by Gasteiger charge is 2.41. The minimum Gasteiger partial charge on any atom is -0.384 e. The van der Waals surface area contributed by atoms with Crippen molar-refractivity contribution in [3.05, 3.63) is 94.6 Å². The second-order valence-electron chi connectivity index (χ2n) is 12.2. The summed E-state index contributed by atoms with van der Waals surface area (Å²) in [6.45, 7) is 9.43. The lowest BCUT2D eigenvalue weighted by Gasteiger charge is -2.41. The Hall–Kier alpha value is -3.08. The van der Waals surface area contributed by atoms with E-state index in [1.807, 2.05) is 35.2 Å². The van der Waals surface area contributed by atoms with Gasteiger partial charge in [0.25, 0.3) is 5.91 Å². The second-order valence-corrected chi connectivity index (χ2v) is 12.2. The Bertz CT molecular complexity index is 1490. The summed E-state index contributed by atoms with van der Waals surface area (Å²) in [6.07, 6.45) is 0.649. The molecule has 6 rings (SSSR count). The lowest BCUT2D eigenvalue weighted by Crippen LogP contribution is -2.60. The molecule has 3 atom stereocenters. The molecular formula is C32H38Cl2FN5O3. The zero-order valence-corrected chi connectivity index (χ0v) is 26.1. The zero-order valence-electron chi connectivity index (χ0n) is 24.5. The number of aliphatic hydroxyl groups is 1. The fraction of sp³-hybridized carbons (Fsp3) is 0.406. The van der Waals surface area contributed by atoms with Crippen LogP contribution in [0.3, 0.4) is 0 Å². The fourth-order valence-corrected chi connectivity index (χ4v) is 6.34. The van der Waals surface area contributed by atoms with Crippen molar-refractivity contribution in [1.82, 2.24) is 20.1 Å². The van der Waals surface area contributed by atoms with E-state index in [-0.39, 0.29) is 66.5 Å². The smallest absolute Gasteiger partial charge is 0.254 e. The summed E-state index contributed by atoms with van der Waals surface area (Å²) < 4.78 is 13.4. The monoisotopic (exact) mass is 629 g/mol. The molecule has 1 saturated heterocycles. The number of rotatable bonds is 6. The number of nitrogens with one attached hydrogen (secondary N) is 1. The highest BCUT2D eigenvalue weighted by Crippen LogP contribution is 2.41. The first kappa shape index (κ1) is 32.8. The van der Waals surface area contributed by atoms with Gasteiger partial charge in [0.2, 0.25) is 5.91 Å². The first-order chi connectivity index (χ1) is 19.6. The number of aromatic nitrogens is 1. The molecule has 2 aromatic carbocycles. The third kappa shape index (κ3) is 6.42. The Morgan fingerprint density at radius 3 is 2.58 bits per heavy atom. The highest BCUT2D eigenvalue weighted by molar-refractivity contribution is 5.98. The van der Waals surface area contributed by atoms with Gasteiger partial charge in [-0.1, -0.05) is 44.2 Å². The minimum absolute atomic E-state index is 0. The maximum absolute atomic E-state index is 13.9. The fourth-order valence-electron chi connectivity index (χ4n) is 6.34. The third-order valence-corrected chi connectivity index (χ3v) is 8.57. The summed E-state index contributed by atoms with van der Waals surface area (Å²) in [6, 6.07) is 15.5. The van der Waals surface area contributed by atoms with Gasteiger partial charge in [0.1, 0.15) is 11.9 Å². The number of halogens is 3. The molecule has 4 heterocycles. The molecule has 230 valence electrons. The number of piperazine rings is 1. The van der Waals surface area contributed by atoms with Crippen LogP contribution in [0.1, 0.15) is 59.6 Å². The highest BCUT2D eigenvalue weighted by atomic mass is 35.5. The van der Waals surface area contributed by atoms with E-state index in [0.29, 0.717) is 49.5 Å². The van der Waals surface area contributed by atoms with Crippen molar-refractivity contribution in [3.63, 3.8) is 0 Å². The van der Waals surface area contributed by atoms with E-state index >= 15 is 0 Å². The number of carbonyl (C=O) groups is 2. The molecule has 0 spiro atoms. The first-order valence-corrected chi connectivity index (χ1v) is 14.2. The van der Waals surface area contributed by atoms with E-state index in [9.17, 15) is 19.1 Å². The molecule has 43 heavy (non-hydrogen) atoms. The van der Waals surface area contributed by atoms with E-state index in [0.717, 1.165) is 16.8 Å². The molecule has 0 bridgehead atoms. The van der Waals surface area contributed by atoms with E-state index in [1.54, 1.807) is 23.2 Å². The van der Waals surface area contributed by atoms with E-state index in [2.05, 4.69) is 36.0 Å². The van der Waals surface area contributed by atoms with Crippen molar-refractivity contribution in [2.45, 2.75) is 50.9 Å². The number of benzene rings is 2. The Labute approximate surface area is 264 Å². The number of carbonyl (C=O) groups excluding carboxylic acids is 2. The molecule has 0 saturated carbocycles. The predicted molar refractivity (Wildman–Crippen MR) is 169 cm³/mol. The van der Waals surface area contributed by atoms with Crippen molar-refractivity contribution >= 4 is 42.3 Å². The Balaban J connectivity index is 0.00000212. The molecule has 0 radical (unpaired) electrons. The van der Waals surface area contributed by atoms with Crippen LogP contribution < -0.4 is 10.2 Å². The van der Waals surface area contributed by atoms with Crippen LogP contribution in [-0.4, -0.2) is 76.5 Å². The van der Waals surface area contributed by atoms with E-state index in [4.69, 9.17) is 0 Å². The quantitative estimate of drug-likeness (QED) is 0.427. The number of fused-ring (bicyclic) bond motifs is 2. The lowest BCUT2D eigenvalue weighted by molar-refractivity contribution is -0.120. The topological polar surface area (TPSA) is 89.0 Å². The van der Waals surface area contributed by atoms with Crippen LogP contribution in [0, 0.1) is 5.82 Å². The van der Waals surface area contributed by atoms with Gasteiger partial charge in [0.15, 0.2) is 0 Å². The Morgan fingerprint density at radius 2 is 1.86 bits per heavy atom. The van der Waals surface area contributed by atoms with Crippen molar-refractivity contribution in [3.8, 4) is 0 Å². The average Bonchev–Trinajstić information content (AvgIpc) is 3.42. The molecule has 11 heteroatoms. The lowest BCUT2D eigenvalue weighted by atomic mass is 9.90. The van der Waals surface area contributed by atoms with Crippen LogP contribution >= 0.6 is 24.8 Å². The summed E-state index contributed by atoms with van der Waals surface area (Å²) in [5.41, 5.74) is 4.06. The van der Waals surface area contributed by atoms with Gasteiger partial charge in [0, 0.05) is 67.5 Å². The van der Waals surface area contributed by atoms with Gasteiger partial charge in [-0.25, -0.2) is 4.39 Å². The summed E-state index contributed by atoms with van der Waals surface area (Å²) in [4.78, 5) is 37.5. The number of hydrogen-bond donors (Lipinski definition) is 2. The number of hydrogen-bond acceptors (Lipinski definition) is 6. The molecule has 2 N–H and O–H groups in total. The Kier molecular flexibility index (Phi) is 9.83. The van der Waals surface area contributed by atoms with Gasteiger partial charge in [-0.2, -0.15) is 0 Å². The summed E-state index contributed by atoms with van der Waals surface area (Å²) in [7, 11) is 0. The average molecular weight is 631 g/mol. The minimum atomic E-state index is -0.991. The largest absolute Gasteiger partial charge is 0.384 e. The van der Waals surface area contributed by atoms with Crippen molar-refractivity contribution < 1.29 is 19.1 Å². The van der Waals surface area contributed by atoms with Gasteiger partial charge in [-0.05, 0) is 42.3 Å². The first-order valence-electron chi connectivity index (χ1n) is 14.2. The van der Waals surface area contributed by atoms with Crippen LogP contribution in [0.4, 0.5) is 10.1 Å². The number of amides is 2. The summed E-state index contributed by atoms with van der Waals surface area (Å²) >= 11 is 0. The normalized spacial score (nSPS) is 21.5. The molecule has 0 unspecified atom stereocenters. The standard InChI is InChI=1S/C32H36FN5O3.2ClH/c1-20-15-36(25(14-34-20)17-37-16-22-6-4-5-7-26(22)31(37)41)18-28(39)38-19-32(2,3)30-27(38)12-23(13-35-30)29(40)21-8-10-24(33)11-9-21;;/h4-13,20,25,29,34,40H,14-19H2,1-3H3;2*1H/t20-,25-,29+;;/m1../s1. The van der Waals surface area contributed by atoms with Crippen LogP contribution in [0.2, 0.25) is 0 Å². The maximum atomic E-state index is 13.9. The number of aliphatic hydroxyl groups excluding tert-OH is 1. The molecule has 1 aromatic heterocycles. The third-order valence-electron chi connectivity index (χ3n) is 8.57. The van der Waals surface area contributed by atoms with Crippen LogP contribution in [0.15, 0.2) is 60.8 Å². The van der Waals surface area contributed by atoms with Gasteiger partial charge in [0.05, 0.1) is 17.9 Å². The van der Waals surface area contributed by atoms with Crippen molar-refractivity contribution in [1.29, 1.82) is 0 Å². The van der Waals surface area contributed by atoms with Crippen LogP contribution in [-0.2, 0) is 16.8 Å². The van der Waals surface area contributed by atoms with Gasteiger partial charge in [-0.15, -0.1) is 24.8 Å². The van der Waals surface area contributed by atoms with Gasteiger partial charge >= 0.3 is 0 Å². The van der Waals surface area contributed by atoms with Crippen molar-refractivity contribution in [2.24, 2.45) is 0 Å². The zero-order chi connectivity index (χ0) is 28.9. The Morgan fingerprint density at radius 1 is 1.14 bits per heavy atom. The molecule has 3 aliphatic rings. The van der Waals surface area contributed by atoms with E-state index < -0.39 is 6.10 Å². The number of pyridine rings is 1. The van der Waals surface area contributed by atoms with Gasteiger partial charge < -0.3 is 20.2 Å².